The molecule has 4 nitrogen and oxygen atoms in total. The molecule has 4 heteroatoms. The Hall–Kier alpha value is -2.36. The van der Waals surface area contributed by atoms with E-state index in [1.165, 1.54) is 5.56 Å². The smallest absolute Gasteiger partial charge is 0.155 e. The van der Waals surface area contributed by atoms with Crippen LogP contribution in [0.4, 0.5) is 11.5 Å². The van der Waals surface area contributed by atoms with Crippen molar-refractivity contribution in [2.45, 2.75) is 27.2 Å². The summed E-state index contributed by atoms with van der Waals surface area (Å²) in [7, 11) is 0. The Bertz CT molecular complexity index is 758. The summed E-state index contributed by atoms with van der Waals surface area (Å²) < 4.78 is 0. The molecule has 0 aliphatic rings. The lowest BCUT2D eigenvalue weighted by molar-refractivity contribution is 1.05. The summed E-state index contributed by atoms with van der Waals surface area (Å²) in [5.74, 6) is 0.872. The van der Waals surface area contributed by atoms with Gasteiger partial charge in [0, 0.05) is 22.8 Å². The minimum atomic E-state index is 0.872. The van der Waals surface area contributed by atoms with Crippen LogP contribution in [0.25, 0.3) is 10.9 Å². The van der Waals surface area contributed by atoms with Crippen LogP contribution in [-0.4, -0.2) is 15.2 Å². The van der Waals surface area contributed by atoms with E-state index >= 15 is 0 Å². The van der Waals surface area contributed by atoms with Gasteiger partial charge in [0.1, 0.15) is 0 Å². The van der Waals surface area contributed by atoms with Crippen molar-refractivity contribution in [1.82, 2.24) is 15.2 Å². The number of benzene rings is 1. The molecule has 0 saturated carbocycles. The van der Waals surface area contributed by atoms with Gasteiger partial charge in [0.25, 0.3) is 0 Å². The number of H-pyrrole nitrogens is 1. The van der Waals surface area contributed by atoms with Gasteiger partial charge in [-0.05, 0) is 44.0 Å². The highest BCUT2D eigenvalue weighted by atomic mass is 15.2. The lowest BCUT2D eigenvalue weighted by Gasteiger charge is -2.09. The summed E-state index contributed by atoms with van der Waals surface area (Å²) in [5.41, 5.74) is 5.57. The number of aromatic nitrogens is 3. The van der Waals surface area contributed by atoms with Gasteiger partial charge < -0.3 is 5.32 Å². The third-order valence-electron chi connectivity index (χ3n) is 3.72. The van der Waals surface area contributed by atoms with E-state index in [0.29, 0.717) is 0 Å². The molecule has 0 fully saturated rings. The molecule has 0 unspecified atom stereocenters. The van der Waals surface area contributed by atoms with Crippen molar-refractivity contribution in [3.05, 3.63) is 47.3 Å². The predicted molar refractivity (Wildman–Crippen MR) is 82.5 cm³/mol. The zero-order chi connectivity index (χ0) is 14.1. The quantitative estimate of drug-likeness (QED) is 0.756. The normalized spacial score (nSPS) is 10.9. The zero-order valence-corrected chi connectivity index (χ0v) is 12.0. The van der Waals surface area contributed by atoms with E-state index in [1.54, 1.807) is 0 Å². The molecule has 0 amide bonds. The van der Waals surface area contributed by atoms with E-state index in [-0.39, 0.29) is 0 Å². The Balaban J connectivity index is 2.08. The third-order valence-corrected chi connectivity index (χ3v) is 3.72. The number of rotatable bonds is 3. The lowest BCUT2D eigenvalue weighted by Crippen LogP contribution is -1.95. The topological polar surface area (TPSA) is 53.6 Å². The summed E-state index contributed by atoms with van der Waals surface area (Å²) in [4.78, 5) is 4.42. The number of hydrogen-bond donors (Lipinski definition) is 2. The average molecular weight is 266 g/mol. The number of fused-ring (bicyclic) bond motifs is 1. The molecule has 3 aromatic rings. The van der Waals surface area contributed by atoms with Crippen LogP contribution in [0.1, 0.15) is 23.7 Å². The minimum absolute atomic E-state index is 0.872. The van der Waals surface area contributed by atoms with Gasteiger partial charge in [0.15, 0.2) is 5.82 Å². The first-order valence-corrected chi connectivity index (χ1v) is 6.85. The second-order valence-corrected chi connectivity index (χ2v) is 5.01. The summed E-state index contributed by atoms with van der Waals surface area (Å²) in [6, 6.07) is 8.38. The second kappa shape index (κ2) is 4.96. The molecule has 2 N–H and O–H groups in total. The first-order chi connectivity index (χ1) is 9.69. The summed E-state index contributed by atoms with van der Waals surface area (Å²) >= 11 is 0. The van der Waals surface area contributed by atoms with Crippen molar-refractivity contribution in [1.29, 1.82) is 0 Å². The van der Waals surface area contributed by atoms with Crippen molar-refractivity contribution in [3.63, 3.8) is 0 Å². The number of nitrogens with zero attached hydrogens (tertiary/aromatic N) is 2. The predicted octanol–water partition coefficient (Wildman–Crippen LogP) is 3.88. The third kappa shape index (κ3) is 2.13. The monoisotopic (exact) mass is 266 g/mol. The van der Waals surface area contributed by atoms with Gasteiger partial charge in [-0.15, -0.1) is 0 Å². The van der Waals surface area contributed by atoms with Gasteiger partial charge in [-0.1, -0.05) is 13.0 Å². The van der Waals surface area contributed by atoms with Crippen LogP contribution in [0.3, 0.4) is 0 Å². The molecule has 2 heterocycles. The molecule has 20 heavy (non-hydrogen) atoms. The Labute approximate surface area is 118 Å². The first-order valence-electron chi connectivity index (χ1n) is 6.85. The van der Waals surface area contributed by atoms with E-state index in [2.05, 4.69) is 52.5 Å². The molecular formula is C16H18N4. The Morgan fingerprint density at radius 2 is 2.05 bits per heavy atom. The first kappa shape index (κ1) is 12.7. The SMILES string of the molecule is CCc1ccc2nccc(Nc3n[nH]c(C)c3C)c2c1. The van der Waals surface area contributed by atoms with E-state index in [9.17, 15) is 0 Å². The van der Waals surface area contributed by atoms with Crippen molar-refractivity contribution in [2.24, 2.45) is 0 Å². The van der Waals surface area contributed by atoms with Crippen LogP contribution < -0.4 is 5.32 Å². The summed E-state index contributed by atoms with van der Waals surface area (Å²) in [6.45, 7) is 6.24. The average Bonchev–Trinajstić information content (AvgIpc) is 2.79. The van der Waals surface area contributed by atoms with Gasteiger partial charge in [-0.2, -0.15) is 5.10 Å². The Morgan fingerprint density at radius 1 is 1.20 bits per heavy atom. The van der Waals surface area contributed by atoms with Crippen molar-refractivity contribution in [2.75, 3.05) is 5.32 Å². The summed E-state index contributed by atoms with van der Waals surface area (Å²) in [6.07, 6.45) is 2.84. The molecule has 0 atom stereocenters. The molecule has 3 rings (SSSR count). The molecular weight excluding hydrogens is 248 g/mol. The van der Waals surface area contributed by atoms with E-state index in [1.807, 2.05) is 19.2 Å². The highest BCUT2D eigenvalue weighted by Crippen LogP contribution is 2.27. The van der Waals surface area contributed by atoms with Crippen molar-refractivity contribution < 1.29 is 0 Å². The Morgan fingerprint density at radius 3 is 2.75 bits per heavy atom. The highest BCUT2D eigenvalue weighted by Gasteiger charge is 2.08. The second-order valence-electron chi connectivity index (χ2n) is 5.01. The van der Waals surface area contributed by atoms with E-state index in [0.717, 1.165) is 40.1 Å². The number of anilines is 2. The molecule has 2 aromatic heterocycles. The number of hydrogen-bond acceptors (Lipinski definition) is 3. The molecule has 0 spiro atoms. The number of aromatic amines is 1. The van der Waals surface area contributed by atoms with Crippen molar-refractivity contribution >= 4 is 22.4 Å². The van der Waals surface area contributed by atoms with Gasteiger partial charge >= 0.3 is 0 Å². The van der Waals surface area contributed by atoms with Crippen LogP contribution in [-0.2, 0) is 6.42 Å². The van der Waals surface area contributed by atoms with Gasteiger partial charge in [-0.25, -0.2) is 0 Å². The van der Waals surface area contributed by atoms with Crippen LogP contribution in [0.15, 0.2) is 30.5 Å². The molecule has 0 aliphatic carbocycles. The van der Waals surface area contributed by atoms with E-state index < -0.39 is 0 Å². The standard InChI is InChI=1S/C16H18N4/c1-4-12-5-6-14-13(9-12)15(7-8-17-14)18-16-10(2)11(3)19-20-16/h5-9H,4H2,1-3H3,(H2,17,18,19,20). The van der Waals surface area contributed by atoms with Crippen LogP contribution >= 0.6 is 0 Å². The lowest BCUT2D eigenvalue weighted by atomic mass is 10.1. The number of pyridine rings is 1. The summed E-state index contributed by atoms with van der Waals surface area (Å²) in [5, 5.41) is 11.8. The van der Waals surface area contributed by atoms with Crippen LogP contribution in [0.5, 0.6) is 0 Å². The molecule has 102 valence electrons. The number of aryl methyl sites for hydroxylation is 2. The largest absolute Gasteiger partial charge is 0.338 e. The Kier molecular flexibility index (Phi) is 3.14. The van der Waals surface area contributed by atoms with Crippen LogP contribution in [0.2, 0.25) is 0 Å². The maximum atomic E-state index is 4.42. The molecule has 0 radical (unpaired) electrons. The van der Waals surface area contributed by atoms with Gasteiger partial charge in [0.05, 0.1) is 11.2 Å². The van der Waals surface area contributed by atoms with E-state index in [4.69, 9.17) is 0 Å². The maximum absolute atomic E-state index is 4.42. The van der Waals surface area contributed by atoms with Gasteiger partial charge in [0.2, 0.25) is 0 Å². The maximum Gasteiger partial charge on any atom is 0.155 e. The fraction of sp³-hybridized carbons (Fsp3) is 0.250. The zero-order valence-electron chi connectivity index (χ0n) is 12.0. The molecule has 1 aromatic carbocycles. The minimum Gasteiger partial charge on any atom is -0.338 e. The number of nitrogens with one attached hydrogen (secondary N) is 2. The fourth-order valence-electron chi connectivity index (χ4n) is 2.26. The van der Waals surface area contributed by atoms with Gasteiger partial charge in [-0.3, -0.25) is 10.1 Å². The highest BCUT2D eigenvalue weighted by molar-refractivity contribution is 5.93. The molecule has 0 saturated heterocycles. The van der Waals surface area contributed by atoms with Crippen molar-refractivity contribution in [3.8, 4) is 0 Å². The van der Waals surface area contributed by atoms with Crippen LogP contribution in [0, 0.1) is 13.8 Å². The molecule has 0 aliphatic heterocycles. The fourth-order valence-corrected chi connectivity index (χ4v) is 2.26. The molecule has 0 bridgehead atoms.